The number of anilines is 1. The fourth-order valence-electron chi connectivity index (χ4n) is 7.97. The van der Waals surface area contributed by atoms with E-state index in [1.807, 2.05) is 23.1 Å². The van der Waals surface area contributed by atoms with Crippen LogP contribution in [0.1, 0.15) is 10.9 Å². The van der Waals surface area contributed by atoms with Crippen LogP contribution in [0.25, 0.3) is 80.7 Å². The van der Waals surface area contributed by atoms with Crippen LogP contribution in [-0.2, 0) is 0 Å². The Kier molecular flexibility index (Phi) is 6.45. The maximum absolute atomic E-state index is 3.93. The van der Waals surface area contributed by atoms with E-state index >= 15 is 0 Å². The van der Waals surface area contributed by atoms with Gasteiger partial charge in [0.2, 0.25) is 0 Å². The molecule has 0 aliphatic carbocycles. The zero-order valence-electron chi connectivity index (χ0n) is 27.5. The number of benzene rings is 8. The molecule has 0 saturated carbocycles. The fraction of sp³-hybridized carbons (Fsp3) is 0.0213. The minimum absolute atomic E-state index is 0.133. The molecule has 0 amide bonds. The number of para-hydroxylation sites is 2. The number of aromatic nitrogens is 1. The van der Waals surface area contributed by atoms with Gasteiger partial charge in [-0.25, -0.2) is 0 Å². The number of thioether (sulfide) groups is 1. The number of hydrogen-bond donors (Lipinski definition) is 1. The fourth-order valence-corrected chi connectivity index (χ4v) is 10.6. The van der Waals surface area contributed by atoms with Crippen LogP contribution < -0.4 is 5.32 Å². The third-order valence-corrected chi connectivity index (χ3v) is 12.9. The van der Waals surface area contributed by atoms with Gasteiger partial charge in [-0.3, -0.25) is 0 Å². The number of nitrogens with zero attached hydrogens (tertiary/aromatic N) is 1. The molecule has 10 aromatic rings. The Balaban J connectivity index is 0.971. The topological polar surface area (TPSA) is 17.0 Å². The van der Waals surface area contributed by atoms with Crippen molar-refractivity contribution in [2.75, 3.05) is 5.32 Å². The van der Waals surface area contributed by atoms with Crippen LogP contribution in [0.15, 0.2) is 175 Å². The Morgan fingerprint density at radius 1 is 0.510 bits per heavy atom. The third kappa shape index (κ3) is 4.57. The summed E-state index contributed by atoms with van der Waals surface area (Å²) in [7, 11) is 0. The lowest BCUT2D eigenvalue weighted by Gasteiger charge is -2.12. The second-order valence-electron chi connectivity index (χ2n) is 13.3. The molecule has 0 radical (unpaired) electrons. The van der Waals surface area contributed by atoms with E-state index in [0.717, 1.165) is 0 Å². The first-order chi connectivity index (χ1) is 25.3. The van der Waals surface area contributed by atoms with Crippen molar-refractivity contribution in [3.8, 4) is 27.9 Å². The first-order valence-electron chi connectivity index (χ1n) is 17.4. The SMILES string of the molecule is c1ccc(-n2c3ccccc3c3cc(-c4ccc(C5Nc6cc(-c7ccc8ccccc8c7)c7sc8ccccc8c7c6S5)cc4)ccc32)cc1. The molecule has 51 heavy (non-hydrogen) atoms. The molecule has 1 aliphatic rings. The average molecular weight is 687 g/mol. The van der Waals surface area contributed by atoms with Crippen molar-refractivity contribution < 1.29 is 0 Å². The van der Waals surface area contributed by atoms with E-state index in [1.165, 1.54) is 96.8 Å². The quantitative estimate of drug-likeness (QED) is 0.198. The maximum atomic E-state index is 3.93. The van der Waals surface area contributed by atoms with Gasteiger partial charge in [-0.15, -0.1) is 11.3 Å². The molecule has 1 unspecified atom stereocenters. The van der Waals surface area contributed by atoms with Gasteiger partial charge < -0.3 is 9.88 Å². The second-order valence-corrected chi connectivity index (χ2v) is 15.5. The first kappa shape index (κ1) is 29.0. The molecular weight excluding hydrogens is 657 g/mol. The number of nitrogens with one attached hydrogen (secondary N) is 1. The van der Waals surface area contributed by atoms with Crippen LogP contribution in [0.4, 0.5) is 5.69 Å². The lowest BCUT2D eigenvalue weighted by Crippen LogP contribution is -2.01. The summed E-state index contributed by atoms with van der Waals surface area (Å²) in [6, 6.07) is 62.2. The summed E-state index contributed by atoms with van der Waals surface area (Å²) in [4.78, 5) is 1.35. The Morgan fingerprint density at radius 2 is 1.22 bits per heavy atom. The average Bonchev–Trinajstić information content (AvgIpc) is 3.89. The predicted molar refractivity (Wildman–Crippen MR) is 221 cm³/mol. The summed E-state index contributed by atoms with van der Waals surface area (Å²) < 4.78 is 5.07. The van der Waals surface area contributed by atoms with Gasteiger partial charge in [0.1, 0.15) is 5.37 Å². The largest absolute Gasteiger partial charge is 0.368 e. The predicted octanol–water partition coefficient (Wildman–Crippen LogP) is 13.9. The molecule has 3 heterocycles. The molecule has 0 fully saturated rings. The highest BCUT2D eigenvalue weighted by Gasteiger charge is 2.28. The Morgan fingerprint density at radius 3 is 2.10 bits per heavy atom. The normalized spacial score (nSPS) is 14.2. The van der Waals surface area contributed by atoms with Gasteiger partial charge in [0, 0.05) is 47.1 Å². The third-order valence-electron chi connectivity index (χ3n) is 10.4. The van der Waals surface area contributed by atoms with Crippen LogP contribution in [0.2, 0.25) is 0 Å². The maximum Gasteiger partial charge on any atom is 0.103 e. The molecule has 1 atom stereocenters. The monoisotopic (exact) mass is 686 g/mol. The van der Waals surface area contributed by atoms with E-state index in [4.69, 9.17) is 0 Å². The molecule has 0 saturated heterocycles. The number of rotatable bonds is 4. The van der Waals surface area contributed by atoms with E-state index in [1.54, 1.807) is 0 Å². The lowest BCUT2D eigenvalue weighted by molar-refractivity contribution is 1.14. The minimum Gasteiger partial charge on any atom is -0.368 e. The van der Waals surface area contributed by atoms with Crippen LogP contribution in [0, 0.1) is 0 Å². The number of hydrogen-bond acceptors (Lipinski definition) is 3. The van der Waals surface area contributed by atoms with Crippen molar-refractivity contribution in [3.63, 3.8) is 0 Å². The summed E-state index contributed by atoms with van der Waals surface area (Å²) in [5.41, 5.74) is 11.1. The summed E-state index contributed by atoms with van der Waals surface area (Å²) >= 11 is 3.85. The van der Waals surface area contributed by atoms with E-state index in [2.05, 4.69) is 180 Å². The zero-order chi connectivity index (χ0) is 33.5. The molecule has 2 aromatic heterocycles. The minimum atomic E-state index is 0.133. The van der Waals surface area contributed by atoms with Gasteiger partial charge in [-0.2, -0.15) is 0 Å². The molecule has 0 spiro atoms. The van der Waals surface area contributed by atoms with Crippen LogP contribution in [0.3, 0.4) is 0 Å². The molecule has 1 aliphatic heterocycles. The van der Waals surface area contributed by atoms with E-state index in [0.29, 0.717) is 0 Å². The van der Waals surface area contributed by atoms with Gasteiger partial charge in [0.25, 0.3) is 0 Å². The highest BCUT2D eigenvalue weighted by atomic mass is 32.2. The summed E-state index contributed by atoms with van der Waals surface area (Å²) in [5, 5.41) is 11.9. The van der Waals surface area contributed by atoms with Crippen molar-refractivity contribution >= 4 is 81.5 Å². The van der Waals surface area contributed by atoms with Crippen LogP contribution in [-0.4, -0.2) is 4.57 Å². The summed E-state index contributed by atoms with van der Waals surface area (Å²) in [5.74, 6) is 0. The number of thiophene rings is 1. The molecule has 4 heteroatoms. The summed E-state index contributed by atoms with van der Waals surface area (Å²) in [6.45, 7) is 0. The smallest absolute Gasteiger partial charge is 0.103 e. The Hall–Kier alpha value is -5.81. The molecule has 11 rings (SSSR count). The Labute approximate surface area is 303 Å². The second kappa shape index (κ2) is 11.4. The van der Waals surface area contributed by atoms with Crippen molar-refractivity contribution in [2.24, 2.45) is 0 Å². The van der Waals surface area contributed by atoms with Crippen molar-refractivity contribution in [1.29, 1.82) is 0 Å². The molecule has 2 nitrogen and oxygen atoms in total. The van der Waals surface area contributed by atoms with E-state index in [9.17, 15) is 0 Å². The van der Waals surface area contributed by atoms with Crippen LogP contribution in [0.5, 0.6) is 0 Å². The summed E-state index contributed by atoms with van der Waals surface area (Å²) in [6.07, 6.45) is 0. The molecule has 240 valence electrons. The van der Waals surface area contributed by atoms with Crippen LogP contribution >= 0.6 is 23.1 Å². The standard InChI is InChI=1S/C47H30N2S2/c1-2-12-35(13-3-1)49-41-16-8-6-14-36(41)39-27-33(24-25-42(39)49)30-18-21-31(22-19-30)47-48-40-28-38(34-23-20-29-10-4-5-11-32(29)26-34)45-44(46(40)51-47)37-15-7-9-17-43(37)50-45/h1-28,47-48H. The molecular formula is C47H30N2S2. The van der Waals surface area contributed by atoms with Gasteiger partial charge in [0.15, 0.2) is 0 Å². The highest BCUT2D eigenvalue weighted by molar-refractivity contribution is 8.00. The lowest BCUT2D eigenvalue weighted by atomic mass is 9.98. The van der Waals surface area contributed by atoms with E-state index in [-0.39, 0.29) is 5.37 Å². The molecule has 1 N–H and O–H groups in total. The van der Waals surface area contributed by atoms with Gasteiger partial charge in [-0.1, -0.05) is 133 Å². The number of fused-ring (bicyclic) bond motifs is 9. The van der Waals surface area contributed by atoms with Crippen molar-refractivity contribution in [2.45, 2.75) is 10.3 Å². The van der Waals surface area contributed by atoms with E-state index < -0.39 is 0 Å². The molecule has 0 bridgehead atoms. The van der Waals surface area contributed by atoms with Gasteiger partial charge in [-0.05, 0) is 81.6 Å². The first-order valence-corrected chi connectivity index (χ1v) is 19.1. The Bertz CT molecular complexity index is 2970. The van der Waals surface area contributed by atoms with Gasteiger partial charge in [0.05, 0.1) is 16.7 Å². The highest BCUT2D eigenvalue weighted by Crippen LogP contribution is 2.55. The molecule has 8 aromatic carbocycles. The van der Waals surface area contributed by atoms with Gasteiger partial charge >= 0.3 is 0 Å². The zero-order valence-corrected chi connectivity index (χ0v) is 29.1. The van der Waals surface area contributed by atoms with Crippen molar-refractivity contribution in [1.82, 2.24) is 4.57 Å². The van der Waals surface area contributed by atoms with Crippen molar-refractivity contribution in [3.05, 3.63) is 175 Å².